The van der Waals surface area contributed by atoms with Crippen molar-refractivity contribution >= 4 is 35.0 Å². The van der Waals surface area contributed by atoms with Gasteiger partial charge in [-0.05, 0) is 55.0 Å². The van der Waals surface area contributed by atoms with Gasteiger partial charge in [0.1, 0.15) is 17.5 Å². The van der Waals surface area contributed by atoms with Crippen LogP contribution in [-0.2, 0) is 9.53 Å². The Labute approximate surface area is 197 Å². The smallest absolute Gasteiger partial charge is 0.248 e. The molecule has 2 aliphatic rings. The third kappa shape index (κ3) is 5.26. The zero-order valence-corrected chi connectivity index (χ0v) is 18.8. The maximum absolute atomic E-state index is 12.3. The summed E-state index contributed by atoms with van der Waals surface area (Å²) in [6.45, 7) is 5.13. The molecule has 0 radical (unpaired) electrons. The van der Waals surface area contributed by atoms with Crippen LogP contribution in [0.3, 0.4) is 0 Å². The van der Waals surface area contributed by atoms with Crippen molar-refractivity contribution in [1.82, 2.24) is 9.97 Å². The SMILES string of the molecule is Cc1nc(Nc2ccc(NC(=O)/C=C/c3ccc4c(c3)OCO4)cc2)cc(N2CCOCC2)n1. The average molecular weight is 460 g/mol. The fourth-order valence-electron chi connectivity index (χ4n) is 3.73. The van der Waals surface area contributed by atoms with Crippen molar-refractivity contribution in [3.05, 3.63) is 66.0 Å². The molecule has 1 saturated heterocycles. The number of amides is 1. The van der Waals surface area contributed by atoms with E-state index in [1.54, 1.807) is 6.08 Å². The van der Waals surface area contributed by atoms with Crippen molar-refractivity contribution in [2.75, 3.05) is 48.6 Å². The summed E-state index contributed by atoms with van der Waals surface area (Å²) in [6.07, 6.45) is 3.22. The summed E-state index contributed by atoms with van der Waals surface area (Å²) in [4.78, 5) is 23.6. The number of aryl methyl sites for hydroxylation is 1. The Morgan fingerprint density at radius 2 is 1.74 bits per heavy atom. The largest absolute Gasteiger partial charge is 0.454 e. The Balaban J connectivity index is 1.19. The first-order valence-corrected chi connectivity index (χ1v) is 11.1. The van der Waals surface area contributed by atoms with Crippen LogP contribution in [0.2, 0.25) is 0 Å². The highest BCUT2D eigenvalue weighted by molar-refractivity contribution is 6.02. The minimum atomic E-state index is -0.222. The minimum Gasteiger partial charge on any atom is -0.454 e. The van der Waals surface area contributed by atoms with E-state index in [9.17, 15) is 4.79 Å². The second-order valence-corrected chi connectivity index (χ2v) is 7.90. The molecule has 174 valence electrons. The van der Waals surface area contributed by atoms with E-state index in [-0.39, 0.29) is 12.7 Å². The lowest BCUT2D eigenvalue weighted by molar-refractivity contribution is -0.111. The van der Waals surface area contributed by atoms with E-state index < -0.39 is 0 Å². The van der Waals surface area contributed by atoms with E-state index in [2.05, 4.69) is 25.5 Å². The number of hydrogen-bond donors (Lipinski definition) is 2. The molecule has 2 N–H and O–H groups in total. The highest BCUT2D eigenvalue weighted by Gasteiger charge is 2.14. The molecule has 0 atom stereocenters. The van der Waals surface area contributed by atoms with E-state index in [1.165, 1.54) is 6.08 Å². The Hall–Kier alpha value is -4.11. The monoisotopic (exact) mass is 459 g/mol. The molecule has 0 aliphatic carbocycles. The maximum Gasteiger partial charge on any atom is 0.248 e. The lowest BCUT2D eigenvalue weighted by Gasteiger charge is -2.28. The second kappa shape index (κ2) is 9.80. The lowest BCUT2D eigenvalue weighted by Crippen LogP contribution is -2.36. The number of morpholine rings is 1. The van der Waals surface area contributed by atoms with Crippen LogP contribution in [0.25, 0.3) is 6.08 Å². The summed E-state index contributed by atoms with van der Waals surface area (Å²) >= 11 is 0. The van der Waals surface area contributed by atoms with Crippen LogP contribution in [0, 0.1) is 6.92 Å². The van der Waals surface area contributed by atoms with Gasteiger partial charge in [0.25, 0.3) is 0 Å². The van der Waals surface area contributed by atoms with Crippen molar-refractivity contribution in [2.45, 2.75) is 6.92 Å². The number of aromatic nitrogens is 2. The normalized spacial score (nSPS) is 14.9. The highest BCUT2D eigenvalue weighted by atomic mass is 16.7. The highest BCUT2D eigenvalue weighted by Crippen LogP contribution is 2.32. The molecule has 5 rings (SSSR count). The molecule has 1 amide bonds. The van der Waals surface area contributed by atoms with Crippen molar-refractivity contribution in [2.24, 2.45) is 0 Å². The van der Waals surface area contributed by atoms with E-state index in [4.69, 9.17) is 14.2 Å². The fraction of sp³-hybridized carbons (Fsp3) is 0.240. The maximum atomic E-state index is 12.3. The molecule has 0 saturated carbocycles. The summed E-state index contributed by atoms with van der Waals surface area (Å²) in [5.74, 6) is 3.48. The number of carbonyl (C=O) groups is 1. The molecule has 3 aromatic rings. The van der Waals surface area contributed by atoms with E-state index in [0.717, 1.165) is 36.0 Å². The third-order valence-corrected chi connectivity index (χ3v) is 5.41. The number of anilines is 4. The van der Waals surface area contributed by atoms with Gasteiger partial charge in [0.05, 0.1) is 13.2 Å². The Bertz CT molecular complexity index is 1210. The first kappa shape index (κ1) is 21.7. The number of nitrogens with one attached hydrogen (secondary N) is 2. The van der Waals surface area contributed by atoms with Gasteiger partial charge in [-0.3, -0.25) is 4.79 Å². The van der Waals surface area contributed by atoms with Gasteiger partial charge in [-0.2, -0.15) is 0 Å². The Morgan fingerprint density at radius 1 is 0.971 bits per heavy atom. The lowest BCUT2D eigenvalue weighted by atomic mass is 10.2. The number of hydrogen-bond acceptors (Lipinski definition) is 8. The van der Waals surface area contributed by atoms with E-state index in [1.807, 2.05) is 55.5 Å². The molecule has 34 heavy (non-hydrogen) atoms. The van der Waals surface area contributed by atoms with Gasteiger partial charge >= 0.3 is 0 Å². The van der Waals surface area contributed by atoms with Gasteiger partial charge in [0.15, 0.2) is 11.5 Å². The number of ether oxygens (including phenoxy) is 3. The van der Waals surface area contributed by atoms with E-state index >= 15 is 0 Å². The molecular weight excluding hydrogens is 434 g/mol. The molecule has 2 aromatic carbocycles. The van der Waals surface area contributed by atoms with Gasteiger partial charge < -0.3 is 29.7 Å². The molecule has 1 aromatic heterocycles. The second-order valence-electron chi connectivity index (χ2n) is 7.90. The summed E-state index contributed by atoms with van der Waals surface area (Å²) in [6, 6.07) is 14.9. The molecule has 9 nitrogen and oxygen atoms in total. The Kier molecular flexibility index (Phi) is 6.26. The van der Waals surface area contributed by atoms with Crippen molar-refractivity contribution < 1.29 is 19.0 Å². The number of carbonyl (C=O) groups excluding carboxylic acids is 1. The molecule has 9 heteroatoms. The van der Waals surface area contributed by atoms with Crippen molar-refractivity contribution in [3.8, 4) is 11.5 Å². The van der Waals surface area contributed by atoms with Gasteiger partial charge in [0.2, 0.25) is 12.7 Å². The zero-order chi connectivity index (χ0) is 23.3. The summed E-state index contributed by atoms with van der Waals surface area (Å²) in [5, 5.41) is 6.18. The Morgan fingerprint density at radius 3 is 2.56 bits per heavy atom. The fourth-order valence-corrected chi connectivity index (χ4v) is 3.73. The summed E-state index contributed by atoms with van der Waals surface area (Å²) in [7, 11) is 0. The predicted octanol–water partition coefficient (Wildman–Crippen LogP) is 3.75. The first-order chi connectivity index (χ1) is 16.6. The summed E-state index contributed by atoms with van der Waals surface area (Å²) < 4.78 is 16.1. The van der Waals surface area contributed by atoms with Crippen LogP contribution in [0.15, 0.2) is 54.6 Å². The summed E-state index contributed by atoms with van der Waals surface area (Å²) in [5.41, 5.74) is 2.41. The molecule has 2 aliphatic heterocycles. The number of fused-ring (bicyclic) bond motifs is 1. The predicted molar refractivity (Wildman–Crippen MR) is 130 cm³/mol. The van der Waals surface area contributed by atoms with Gasteiger partial charge in [-0.1, -0.05) is 6.07 Å². The van der Waals surface area contributed by atoms with Crippen LogP contribution in [0.1, 0.15) is 11.4 Å². The zero-order valence-electron chi connectivity index (χ0n) is 18.8. The van der Waals surface area contributed by atoms with Crippen LogP contribution >= 0.6 is 0 Å². The van der Waals surface area contributed by atoms with Crippen LogP contribution < -0.4 is 25.0 Å². The number of nitrogens with zero attached hydrogens (tertiary/aromatic N) is 3. The molecule has 0 bridgehead atoms. The third-order valence-electron chi connectivity index (χ3n) is 5.41. The molecule has 0 unspecified atom stereocenters. The topological polar surface area (TPSA) is 97.8 Å². The van der Waals surface area contributed by atoms with Gasteiger partial charge in [-0.25, -0.2) is 9.97 Å². The van der Waals surface area contributed by atoms with Crippen molar-refractivity contribution in [1.29, 1.82) is 0 Å². The molecular formula is C25H25N5O4. The molecule has 1 fully saturated rings. The number of benzene rings is 2. The van der Waals surface area contributed by atoms with Crippen LogP contribution in [0.5, 0.6) is 11.5 Å². The van der Waals surface area contributed by atoms with Gasteiger partial charge in [0, 0.05) is 36.6 Å². The van der Waals surface area contributed by atoms with E-state index in [0.29, 0.717) is 36.2 Å². The first-order valence-electron chi connectivity index (χ1n) is 11.1. The average Bonchev–Trinajstić information content (AvgIpc) is 3.32. The van der Waals surface area contributed by atoms with Crippen molar-refractivity contribution in [3.63, 3.8) is 0 Å². The van der Waals surface area contributed by atoms with Crippen LogP contribution in [-0.4, -0.2) is 49.0 Å². The molecule has 0 spiro atoms. The standard InChI is InChI=1S/C25H25N5O4/c1-17-26-23(15-24(27-17)30-10-12-32-13-11-30)28-19-4-6-20(7-5-19)29-25(31)9-3-18-2-8-21-22(14-18)34-16-33-21/h2-9,14-15H,10-13,16H2,1H3,(H,29,31)(H,26,27,28)/b9-3+. The van der Waals surface area contributed by atoms with Crippen LogP contribution in [0.4, 0.5) is 23.0 Å². The minimum absolute atomic E-state index is 0.222. The molecule has 3 heterocycles. The van der Waals surface area contributed by atoms with Gasteiger partial charge in [-0.15, -0.1) is 0 Å². The number of rotatable bonds is 6. The quantitative estimate of drug-likeness (QED) is 0.538.